The summed E-state index contributed by atoms with van der Waals surface area (Å²) in [6.45, 7) is 0.863. The largest absolute Gasteiger partial charge is 0.497 e. The number of hydrogen-bond donors (Lipinski definition) is 0. The smallest absolute Gasteiger partial charge is 0.252 e. The van der Waals surface area contributed by atoms with E-state index in [2.05, 4.69) is 0 Å². The summed E-state index contributed by atoms with van der Waals surface area (Å²) in [4.78, 5) is 5.74. The van der Waals surface area contributed by atoms with Crippen LogP contribution in [0.2, 0.25) is 0 Å². The Morgan fingerprint density at radius 2 is 2.00 bits per heavy atom. The number of thiophene rings is 1. The van der Waals surface area contributed by atoms with Crippen molar-refractivity contribution in [2.24, 2.45) is 0 Å². The number of hydrogen-bond acceptors (Lipinski definition) is 6. The van der Waals surface area contributed by atoms with E-state index in [-0.39, 0.29) is 0 Å². The first-order valence-corrected chi connectivity index (χ1v) is 10.9. The van der Waals surface area contributed by atoms with Crippen LogP contribution in [0.25, 0.3) is 10.6 Å². The highest BCUT2D eigenvalue weighted by Crippen LogP contribution is 2.34. The van der Waals surface area contributed by atoms with Gasteiger partial charge in [-0.3, -0.25) is 0 Å². The summed E-state index contributed by atoms with van der Waals surface area (Å²) in [5.41, 5.74) is 2.03. The molecule has 0 amide bonds. The van der Waals surface area contributed by atoms with Gasteiger partial charge in [-0.1, -0.05) is 6.07 Å². The van der Waals surface area contributed by atoms with Crippen molar-refractivity contribution in [3.05, 3.63) is 52.3 Å². The Balaban J connectivity index is 1.61. The van der Waals surface area contributed by atoms with Gasteiger partial charge in [0.1, 0.15) is 15.0 Å². The molecule has 25 heavy (non-hydrogen) atoms. The van der Waals surface area contributed by atoms with Crippen LogP contribution in [0.5, 0.6) is 5.75 Å². The summed E-state index contributed by atoms with van der Waals surface area (Å²) < 4.78 is 32.6. The van der Waals surface area contributed by atoms with E-state index in [1.54, 1.807) is 40.3 Å². The number of ether oxygens (including phenoxy) is 1. The lowest BCUT2D eigenvalue weighted by molar-refractivity contribution is 0.394. The normalized spacial score (nSPS) is 15.1. The zero-order valence-corrected chi connectivity index (χ0v) is 16.0. The fourth-order valence-corrected chi connectivity index (χ4v) is 6.54. The number of nitrogens with zero attached hydrogens (tertiary/aromatic N) is 2. The fourth-order valence-electron chi connectivity index (χ4n) is 2.77. The molecular weight excluding hydrogens is 376 g/mol. The molecule has 0 saturated carbocycles. The zero-order chi connectivity index (χ0) is 17.4. The average Bonchev–Trinajstić information content (AvgIpc) is 3.31. The Labute approximate surface area is 154 Å². The fraction of sp³-hybridized carbons (Fsp3) is 0.235. The van der Waals surface area contributed by atoms with Crippen LogP contribution < -0.4 is 4.74 Å². The number of rotatable bonds is 4. The lowest BCUT2D eigenvalue weighted by Crippen LogP contribution is -2.35. The number of thiazole rings is 1. The van der Waals surface area contributed by atoms with Crippen molar-refractivity contribution < 1.29 is 13.2 Å². The molecule has 3 aromatic rings. The second kappa shape index (κ2) is 6.53. The third-order valence-electron chi connectivity index (χ3n) is 4.12. The van der Waals surface area contributed by atoms with Gasteiger partial charge in [-0.2, -0.15) is 4.31 Å². The maximum absolute atomic E-state index is 12.7. The van der Waals surface area contributed by atoms with Crippen molar-refractivity contribution in [3.63, 3.8) is 0 Å². The molecule has 130 valence electrons. The summed E-state index contributed by atoms with van der Waals surface area (Å²) in [6.07, 6.45) is 0.645. The van der Waals surface area contributed by atoms with Crippen molar-refractivity contribution in [3.8, 4) is 16.3 Å². The van der Waals surface area contributed by atoms with Crippen LogP contribution in [0.1, 0.15) is 10.6 Å². The van der Waals surface area contributed by atoms with E-state index in [9.17, 15) is 8.42 Å². The van der Waals surface area contributed by atoms with Gasteiger partial charge in [0, 0.05) is 23.4 Å². The predicted octanol–water partition coefficient (Wildman–Crippen LogP) is 3.63. The third-order valence-corrected chi connectivity index (χ3v) is 8.47. The number of aromatic nitrogens is 1. The quantitative estimate of drug-likeness (QED) is 0.680. The summed E-state index contributed by atoms with van der Waals surface area (Å²) in [5.74, 6) is 0.804. The number of benzene rings is 1. The van der Waals surface area contributed by atoms with E-state index in [0.717, 1.165) is 26.9 Å². The van der Waals surface area contributed by atoms with E-state index >= 15 is 0 Å². The molecule has 4 rings (SSSR count). The number of methoxy groups -OCH3 is 1. The van der Waals surface area contributed by atoms with Gasteiger partial charge in [-0.15, -0.1) is 22.7 Å². The molecule has 0 aliphatic carbocycles. The SMILES string of the molecule is COc1ccc(-c2nc3c(s2)CN(S(=O)(=O)c2cccs2)CC3)cc1. The van der Waals surface area contributed by atoms with Gasteiger partial charge in [0.2, 0.25) is 0 Å². The highest BCUT2D eigenvalue weighted by Gasteiger charge is 2.31. The lowest BCUT2D eigenvalue weighted by atomic mass is 10.2. The molecule has 1 aliphatic rings. The number of sulfonamides is 1. The minimum absolute atomic E-state index is 0.392. The van der Waals surface area contributed by atoms with Gasteiger partial charge in [0.25, 0.3) is 10.0 Å². The molecule has 2 aromatic heterocycles. The highest BCUT2D eigenvalue weighted by atomic mass is 32.2. The van der Waals surface area contributed by atoms with Gasteiger partial charge in [0.05, 0.1) is 19.3 Å². The first-order chi connectivity index (χ1) is 12.1. The highest BCUT2D eigenvalue weighted by molar-refractivity contribution is 7.91. The molecule has 0 bridgehead atoms. The Kier molecular flexibility index (Phi) is 4.36. The molecule has 0 unspecified atom stereocenters. The van der Waals surface area contributed by atoms with Gasteiger partial charge < -0.3 is 4.74 Å². The Bertz CT molecular complexity index is 977. The molecule has 0 fully saturated rings. The van der Waals surface area contributed by atoms with Gasteiger partial charge >= 0.3 is 0 Å². The molecule has 3 heterocycles. The summed E-state index contributed by atoms with van der Waals surface area (Å²) in [5, 5.41) is 2.71. The van der Waals surface area contributed by atoms with Gasteiger partial charge in [-0.05, 0) is 35.7 Å². The number of fused-ring (bicyclic) bond motifs is 1. The van der Waals surface area contributed by atoms with Crippen LogP contribution in [0.4, 0.5) is 0 Å². The third kappa shape index (κ3) is 3.10. The van der Waals surface area contributed by atoms with Crippen LogP contribution >= 0.6 is 22.7 Å². The van der Waals surface area contributed by atoms with E-state index in [4.69, 9.17) is 9.72 Å². The topological polar surface area (TPSA) is 59.5 Å². The molecule has 1 aromatic carbocycles. The maximum Gasteiger partial charge on any atom is 0.252 e. The lowest BCUT2D eigenvalue weighted by Gasteiger charge is -2.24. The maximum atomic E-state index is 12.7. The molecule has 8 heteroatoms. The molecule has 0 spiro atoms. The van der Waals surface area contributed by atoms with Crippen molar-refractivity contribution in [2.75, 3.05) is 13.7 Å². The van der Waals surface area contributed by atoms with Crippen LogP contribution in [0, 0.1) is 0 Å². The van der Waals surface area contributed by atoms with Gasteiger partial charge in [-0.25, -0.2) is 13.4 Å². The summed E-state index contributed by atoms with van der Waals surface area (Å²) in [6, 6.07) is 11.2. The van der Waals surface area contributed by atoms with Crippen molar-refractivity contribution in [1.29, 1.82) is 0 Å². The molecule has 0 N–H and O–H groups in total. The zero-order valence-electron chi connectivity index (χ0n) is 13.5. The molecule has 0 radical (unpaired) electrons. The van der Waals surface area contributed by atoms with Gasteiger partial charge in [0.15, 0.2) is 0 Å². The monoisotopic (exact) mass is 392 g/mol. The second-order valence-electron chi connectivity index (χ2n) is 5.64. The Hall–Kier alpha value is -1.74. The molecule has 0 atom stereocenters. The minimum Gasteiger partial charge on any atom is -0.497 e. The molecular formula is C17H16N2O3S3. The van der Waals surface area contributed by atoms with Crippen molar-refractivity contribution >= 4 is 32.7 Å². The Morgan fingerprint density at radius 3 is 2.68 bits per heavy atom. The van der Waals surface area contributed by atoms with Crippen LogP contribution in [-0.2, 0) is 23.0 Å². The Morgan fingerprint density at radius 1 is 1.20 bits per heavy atom. The predicted molar refractivity (Wildman–Crippen MR) is 99.7 cm³/mol. The molecule has 5 nitrogen and oxygen atoms in total. The minimum atomic E-state index is -3.41. The first kappa shape index (κ1) is 16.7. The van der Waals surface area contributed by atoms with E-state index in [0.29, 0.717) is 23.7 Å². The second-order valence-corrected chi connectivity index (χ2v) is 9.83. The van der Waals surface area contributed by atoms with E-state index < -0.39 is 10.0 Å². The van der Waals surface area contributed by atoms with E-state index in [1.165, 1.54) is 11.3 Å². The van der Waals surface area contributed by atoms with E-state index in [1.807, 2.05) is 24.3 Å². The van der Waals surface area contributed by atoms with Crippen LogP contribution in [-0.4, -0.2) is 31.4 Å². The molecule has 0 saturated heterocycles. The standard InChI is InChI=1S/C17H16N2O3S3/c1-22-13-6-4-12(5-7-13)17-18-14-8-9-19(11-15(14)24-17)25(20,21)16-3-2-10-23-16/h2-7,10H,8-9,11H2,1H3. The van der Waals surface area contributed by atoms with Crippen molar-refractivity contribution in [2.45, 2.75) is 17.2 Å². The van der Waals surface area contributed by atoms with Crippen LogP contribution in [0.15, 0.2) is 46.0 Å². The average molecular weight is 393 g/mol. The van der Waals surface area contributed by atoms with Crippen LogP contribution in [0.3, 0.4) is 0 Å². The first-order valence-electron chi connectivity index (χ1n) is 7.74. The summed E-state index contributed by atoms with van der Waals surface area (Å²) >= 11 is 2.82. The summed E-state index contributed by atoms with van der Waals surface area (Å²) in [7, 11) is -1.77. The van der Waals surface area contributed by atoms with Crippen molar-refractivity contribution in [1.82, 2.24) is 9.29 Å². The molecule has 1 aliphatic heterocycles.